The highest BCUT2D eigenvalue weighted by atomic mass is 79.9. The molecule has 0 radical (unpaired) electrons. The number of hydrazone groups is 1. The molecule has 0 unspecified atom stereocenters. The van der Waals surface area contributed by atoms with Crippen molar-refractivity contribution >= 4 is 51.3 Å². The molecule has 4 aromatic carbocycles. The highest BCUT2D eigenvalue weighted by molar-refractivity contribution is 9.10. The third kappa shape index (κ3) is 7.16. The molecule has 0 heterocycles. The van der Waals surface area contributed by atoms with Crippen LogP contribution in [0, 0.1) is 0 Å². The molecule has 1 N–H and O–H groups in total. The number of halogens is 3. The second-order valence-corrected chi connectivity index (χ2v) is 9.97. The Kier molecular flexibility index (Phi) is 9.82. The van der Waals surface area contributed by atoms with Crippen LogP contribution < -0.4 is 14.9 Å². The molecule has 0 saturated carbocycles. The first-order valence-electron chi connectivity index (χ1n) is 11.9. The van der Waals surface area contributed by atoms with E-state index >= 15 is 0 Å². The van der Waals surface area contributed by atoms with Crippen molar-refractivity contribution in [1.29, 1.82) is 0 Å². The van der Waals surface area contributed by atoms with E-state index in [0.717, 1.165) is 16.7 Å². The van der Waals surface area contributed by atoms with Gasteiger partial charge >= 0.3 is 0 Å². The number of rotatable bonds is 10. The van der Waals surface area contributed by atoms with Crippen molar-refractivity contribution in [3.8, 4) is 11.5 Å². The normalized spacial score (nSPS) is 11.1. The van der Waals surface area contributed by atoms with E-state index in [2.05, 4.69) is 26.5 Å². The van der Waals surface area contributed by atoms with Gasteiger partial charge in [-0.25, -0.2) is 5.43 Å². The van der Waals surface area contributed by atoms with Gasteiger partial charge in [0.05, 0.1) is 23.2 Å². The van der Waals surface area contributed by atoms with Gasteiger partial charge in [0.25, 0.3) is 5.91 Å². The molecule has 4 rings (SSSR count). The summed E-state index contributed by atoms with van der Waals surface area (Å²) in [4.78, 5) is 13.2. The topological polar surface area (TPSA) is 59.9 Å². The molecule has 5 nitrogen and oxygen atoms in total. The van der Waals surface area contributed by atoms with Crippen LogP contribution in [0.5, 0.6) is 11.5 Å². The van der Waals surface area contributed by atoms with Crippen LogP contribution in [0.15, 0.2) is 101 Å². The van der Waals surface area contributed by atoms with Crippen LogP contribution in [0.4, 0.5) is 0 Å². The van der Waals surface area contributed by atoms with E-state index in [-0.39, 0.29) is 12.5 Å². The van der Waals surface area contributed by atoms with Crippen molar-refractivity contribution < 1.29 is 14.3 Å². The summed E-state index contributed by atoms with van der Waals surface area (Å²) < 4.78 is 12.5. The number of hydrogen-bond acceptors (Lipinski definition) is 4. The van der Waals surface area contributed by atoms with Gasteiger partial charge < -0.3 is 9.47 Å². The Hall–Kier alpha value is -3.32. The first-order valence-corrected chi connectivity index (χ1v) is 13.5. The molecule has 38 heavy (non-hydrogen) atoms. The molecular weight excluding hydrogens is 587 g/mol. The number of carbonyl (C=O) groups excluding carboxylic acids is 1. The number of hydrogen-bond donors (Lipinski definition) is 1. The first-order chi connectivity index (χ1) is 18.5. The van der Waals surface area contributed by atoms with Crippen molar-refractivity contribution in [2.75, 3.05) is 6.61 Å². The summed E-state index contributed by atoms with van der Waals surface area (Å²) in [6, 6.07) is 28.1. The zero-order chi connectivity index (χ0) is 26.9. The average molecular weight is 612 g/mol. The van der Waals surface area contributed by atoms with E-state index in [1.165, 1.54) is 0 Å². The lowest BCUT2D eigenvalue weighted by atomic mass is 9.91. The molecule has 0 bridgehead atoms. The summed E-state index contributed by atoms with van der Waals surface area (Å²) in [5, 5.41) is 5.31. The molecule has 0 aromatic heterocycles. The number of amides is 1. The SMILES string of the molecule is CCOc1cc(/C=N/NC(=O)C(c2ccccc2)c2ccccc2)cc(Br)c1OCc1ccc(Cl)cc1Cl. The van der Waals surface area contributed by atoms with Crippen molar-refractivity contribution in [1.82, 2.24) is 5.43 Å². The number of nitrogens with zero attached hydrogens (tertiary/aromatic N) is 1. The molecule has 0 atom stereocenters. The maximum absolute atomic E-state index is 13.2. The van der Waals surface area contributed by atoms with Crippen molar-refractivity contribution in [2.45, 2.75) is 19.4 Å². The van der Waals surface area contributed by atoms with E-state index < -0.39 is 5.92 Å². The summed E-state index contributed by atoms with van der Waals surface area (Å²) in [5.41, 5.74) is 5.97. The van der Waals surface area contributed by atoms with E-state index in [9.17, 15) is 4.79 Å². The minimum Gasteiger partial charge on any atom is -0.490 e. The molecule has 0 aliphatic heterocycles. The zero-order valence-electron chi connectivity index (χ0n) is 20.5. The number of ether oxygens (including phenoxy) is 2. The minimum atomic E-state index is -0.490. The maximum atomic E-state index is 13.2. The predicted molar refractivity (Wildman–Crippen MR) is 157 cm³/mol. The Morgan fingerprint density at radius 1 is 0.947 bits per heavy atom. The Bertz CT molecular complexity index is 1380. The van der Waals surface area contributed by atoms with Gasteiger partial charge in [-0.1, -0.05) is 89.9 Å². The van der Waals surface area contributed by atoms with Gasteiger partial charge in [0.15, 0.2) is 11.5 Å². The van der Waals surface area contributed by atoms with Gasteiger partial charge in [-0.05, 0) is 63.8 Å². The van der Waals surface area contributed by atoms with Crippen LogP contribution in [-0.4, -0.2) is 18.7 Å². The fourth-order valence-electron chi connectivity index (χ4n) is 3.88. The van der Waals surface area contributed by atoms with Crippen LogP contribution in [-0.2, 0) is 11.4 Å². The highest BCUT2D eigenvalue weighted by Crippen LogP contribution is 2.37. The summed E-state index contributed by atoms with van der Waals surface area (Å²) in [5.74, 6) is 0.344. The number of carbonyl (C=O) groups is 1. The summed E-state index contributed by atoms with van der Waals surface area (Å²) in [6.45, 7) is 2.57. The molecule has 194 valence electrons. The fraction of sp³-hybridized carbons (Fsp3) is 0.133. The standard InChI is InChI=1S/C30H25BrCl2N2O3/c1-2-37-27-16-20(15-25(31)29(27)38-19-23-13-14-24(32)17-26(23)33)18-34-35-30(36)28(21-9-5-3-6-10-21)22-11-7-4-8-12-22/h3-18,28H,2,19H2,1H3,(H,35,36)/b34-18+. The van der Waals surface area contributed by atoms with Gasteiger partial charge in [-0.15, -0.1) is 0 Å². The lowest BCUT2D eigenvalue weighted by molar-refractivity contribution is -0.121. The maximum Gasteiger partial charge on any atom is 0.252 e. The molecule has 4 aromatic rings. The third-order valence-electron chi connectivity index (χ3n) is 5.64. The van der Waals surface area contributed by atoms with E-state index in [4.69, 9.17) is 32.7 Å². The van der Waals surface area contributed by atoms with Crippen LogP contribution in [0.2, 0.25) is 10.0 Å². The zero-order valence-corrected chi connectivity index (χ0v) is 23.6. The van der Waals surface area contributed by atoms with Crippen molar-refractivity contribution in [3.63, 3.8) is 0 Å². The van der Waals surface area contributed by atoms with Gasteiger partial charge in [-0.2, -0.15) is 5.10 Å². The molecule has 8 heteroatoms. The molecule has 1 amide bonds. The Balaban J connectivity index is 1.51. The lowest BCUT2D eigenvalue weighted by Gasteiger charge is -2.16. The van der Waals surface area contributed by atoms with E-state index in [1.54, 1.807) is 24.4 Å². The molecule has 0 spiro atoms. The highest BCUT2D eigenvalue weighted by Gasteiger charge is 2.22. The van der Waals surface area contributed by atoms with Crippen LogP contribution >= 0.6 is 39.1 Å². The number of nitrogens with one attached hydrogen (secondary N) is 1. The monoisotopic (exact) mass is 610 g/mol. The fourth-order valence-corrected chi connectivity index (χ4v) is 4.91. The Labute approximate surface area is 240 Å². The van der Waals surface area contributed by atoms with Crippen LogP contribution in [0.25, 0.3) is 0 Å². The second-order valence-electron chi connectivity index (χ2n) is 8.28. The Morgan fingerprint density at radius 2 is 1.61 bits per heavy atom. The minimum absolute atomic E-state index is 0.234. The van der Waals surface area contributed by atoms with Crippen LogP contribution in [0.1, 0.15) is 35.1 Å². The van der Waals surface area contributed by atoms with E-state index in [0.29, 0.717) is 38.2 Å². The summed E-state index contributed by atoms with van der Waals surface area (Å²) in [6.07, 6.45) is 1.57. The van der Waals surface area contributed by atoms with E-state index in [1.807, 2.05) is 79.7 Å². The molecular formula is C30H25BrCl2N2O3. The first kappa shape index (κ1) is 27.7. The lowest BCUT2D eigenvalue weighted by Crippen LogP contribution is -2.26. The third-order valence-corrected chi connectivity index (χ3v) is 6.81. The summed E-state index contributed by atoms with van der Waals surface area (Å²) >= 11 is 15.8. The van der Waals surface area contributed by atoms with Crippen molar-refractivity contribution in [3.05, 3.63) is 128 Å². The smallest absolute Gasteiger partial charge is 0.252 e. The molecule has 0 fully saturated rings. The van der Waals surface area contributed by atoms with Gasteiger partial charge in [0, 0.05) is 15.6 Å². The summed E-state index contributed by atoms with van der Waals surface area (Å²) in [7, 11) is 0. The van der Waals surface area contributed by atoms with Gasteiger partial charge in [-0.3, -0.25) is 4.79 Å². The largest absolute Gasteiger partial charge is 0.490 e. The predicted octanol–water partition coefficient (Wildman–Crippen LogP) is 8.02. The molecule has 0 saturated heterocycles. The molecule has 0 aliphatic carbocycles. The van der Waals surface area contributed by atoms with Crippen molar-refractivity contribution in [2.24, 2.45) is 5.10 Å². The van der Waals surface area contributed by atoms with Gasteiger partial charge in [0.2, 0.25) is 0 Å². The quantitative estimate of drug-likeness (QED) is 0.146. The average Bonchev–Trinajstić information content (AvgIpc) is 2.91. The number of benzene rings is 4. The Morgan fingerprint density at radius 3 is 2.21 bits per heavy atom. The molecule has 0 aliphatic rings. The second kappa shape index (κ2) is 13.5. The van der Waals surface area contributed by atoms with Crippen LogP contribution in [0.3, 0.4) is 0 Å². The van der Waals surface area contributed by atoms with Gasteiger partial charge in [0.1, 0.15) is 6.61 Å².